The second kappa shape index (κ2) is 7.92. The molecule has 10 nitrogen and oxygen atoms in total. The third-order valence-corrected chi connectivity index (χ3v) is 4.91. The second-order valence-electron chi connectivity index (χ2n) is 6.73. The molecule has 1 unspecified atom stereocenters. The maximum atomic E-state index is 13.3. The summed E-state index contributed by atoms with van der Waals surface area (Å²) in [5, 5.41) is 15.1. The molecule has 30 heavy (non-hydrogen) atoms. The molecule has 1 aromatic carbocycles. The van der Waals surface area contributed by atoms with Crippen molar-refractivity contribution in [1.82, 2.24) is 0 Å². The number of rotatable bonds is 9. The average molecular weight is 458 g/mol. The summed E-state index contributed by atoms with van der Waals surface area (Å²) in [5.74, 6) is -3.48. The smallest absolute Gasteiger partial charge is 0.400 e. The minimum Gasteiger partial charge on any atom is -0.504 e. The number of fused-ring (bicyclic) bond motifs is 2. The zero-order valence-electron chi connectivity index (χ0n) is 15.5. The van der Waals surface area contributed by atoms with Crippen molar-refractivity contribution in [3.8, 4) is 17.2 Å². The summed E-state index contributed by atoms with van der Waals surface area (Å²) in [4.78, 5) is 23.5. The molecule has 0 aromatic heterocycles. The van der Waals surface area contributed by atoms with Crippen LogP contribution in [-0.4, -0.2) is 59.8 Å². The van der Waals surface area contributed by atoms with Crippen molar-refractivity contribution in [2.45, 2.75) is 37.3 Å². The summed E-state index contributed by atoms with van der Waals surface area (Å²) in [6.07, 6.45) is -4.57. The van der Waals surface area contributed by atoms with Crippen LogP contribution in [0.15, 0.2) is 6.07 Å². The molecule has 1 aliphatic rings. The van der Waals surface area contributed by atoms with Crippen molar-refractivity contribution >= 4 is 22.1 Å². The quantitative estimate of drug-likeness (QED) is 0.364. The van der Waals surface area contributed by atoms with Crippen LogP contribution in [0.5, 0.6) is 17.2 Å². The Kier molecular flexibility index (Phi) is 6.26. The Bertz CT molecular complexity index is 968. The van der Waals surface area contributed by atoms with Crippen LogP contribution in [0, 0.1) is 0 Å². The van der Waals surface area contributed by atoms with Gasteiger partial charge in [-0.1, -0.05) is 0 Å². The summed E-state index contributed by atoms with van der Waals surface area (Å²) < 4.78 is 82.9. The second-order valence-corrected chi connectivity index (χ2v) is 8.22. The minimum absolute atomic E-state index is 0.0534. The van der Waals surface area contributed by atoms with Gasteiger partial charge < -0.3 is 24.4 Å². The molecule has 1 aromatic rings. The number of ether oxygens (including phenoxy) is 3. The highest BCUT2D eigenvalue weighted by molar-refractivity contribution is 7.86. The van der Waals surface area contributed by atoms with Gasteiger partial charge >= 0.3 is 27.3 Å². The third kappa shape index (κ3) is 4.60. The van der Waals surface area contributed by atoms with E-state index in [4.69, 9.17) is 14.0 Å². The lowest BCUT2D eigenvalue weighted by Gasteiger charge is -2.20. The van der Waals surface area contributed by atoms with Crippen molar-refractivity contribution < 1.29 is 60.2 Å². The monoisotopic (exact) mass is 458 g/mol. The highest BCUT2D eigenvalue weighted by Crippen LogP contribution is 2.49. The van der Waals surface area contributed by atoms with Gasteiger partial charge in [0.1, 0.15) is 5.56 Å². The summed E-state index contributed by atoms with van der Waals surface area (Å²) in [6, 6.07) is 1.15. The number of benzene rings is 1. The van der Waals surface area contributed by atoms with Gasteiger partial charge in [0, 0.05) is 12.0 Å². The molecule has 3 N–H and O–H groups in total. The standard InChI is InChI=1S/C16H17F3O10S/c1-15(2,23)7-5-8(13-12(21)11(7)14(22)29-13)28-6-10(20)27-4-3-9(17)16(18,19)30(24,25)26/h5,9,21,23H,3-4,6H2,1-2H3,(H,24,25,26). The normalized spacial score (nSPS) is 15.0. The fourth-order valence-electron chi connectivity index (χ4n) is 2.45. The highest BCUT2D eigenvalue weighted by atomic mass is 32.2. The lowest BCUT2D eigenvalue weighted by Crippen LogP contribution is -2.39. The predicted octanol–water partition coefficient (Wildman–Crippen LogP) is 1.28. The van der Waals surface area contributed by atoms with Gasteiger partial charge in [-0.25, -0.2) is 14.0 Å². The summed E-state index contributed by atoms with van der Waals surface area (Å²) >= 11 is 0. The number of carbonyl (C=O) groups excluding carboxylic acids is 2. The topological polar surface area (TPSA) is 157 Å². The van der Waals surface area contributed by atoms with Crippen molar-refractivity contribution in [3.63, 3.8) is 0 Å². The van der Waals surface area contributed by atoms with Gasteiger partial charge in [-0.2, -0.15) is 17.2 Å². The number of phenols is 1. The molecule has 2 bridgehead atoms. The van der Waals surface area contributed by atoms with Crippen LogP contribution < -0.4 is 9.47 Å². The van der Waals surface area contributed by atoms with Gasteiger partial charge in [-0.05, 0) is 19.9 Å². The van der Waals surface area contributed by atoms with Gasteiger partial charge in [0.15, 0.2) is 24.3 Å². The van der Waals surface area contributed by atoms with Gasteiger partial charge in [0.25, 0.3) is 0 Å². The molecule has 1 aliphatic heterocycles. The van der Waals surface area contributed by atoms with Gasteiger partial charge in [0.2, 0.25) is 5.75 Å². The summed E-state index contributed by atoms with van der Waals surface area (Å²) in [6.45, 7) is 0.782. The van der Waals surface area contributed by atoms with Crippen molar-refractivity contribution in [1.29, 1.82) is 0 Å². The van der Waals surface area contributed by atoms with E-state index >= 15 is 0 Å². The maximum absolute atomic E-state index is 13.3. The van der Waals surface area contributed by atoms with Crippen molar-refractivity contribution in [2.24, 2.45) is 0 Å². The van der Waals surface area contributed by atoms with Gasteiger partial charge in [0.05, 0.1) is 12.2 Å². The molecule has 2 rings (SSSR count). The zero-order chi connectivity index (χ0) is 23.1. The molecule has 0 spiro atoms. The molecule has 168 valence electrons. The fourth-order valence-corrected chi connectivity index (χ4v) is 2.89. The zero-order valence-corrected chi connectivity index (χ0v) is 16.3. The first-order valence-corrected chi connectivity index (χ1v) is 9.63. The number of aromatic hydroxyl groups is 1. The number of carbonyl (C=O) groups is 2. The maximum Gasteiger partial charge on any atom is 0.400 e. The number of hydrogen-bond donors (Lipinski definition) is 3. The highest BCUT2D eigenvalue weighted by Gasteiger charge is 2.52. The van der Waals surface area contributed by atoms with E-state index < -0.39 is 70.2 Å². The lowest BCUT2D eigenvalue weighted by atomic mass is 9.93. The Labute approximate surface area is 167 Å². The van der Waals surface area contributed by atoms with E-state index in [1.165, 1.54) is 13.8 Å². The number of phenolic OH excluding ortho intramolecular Hbond substituents is 1. The summed E-state index contributed by atoms with van der Waals surface area (Å²) in [7, 11) is -5.99. The van der Waals surface area contributed by atoms with Crippen LogP contribution in [0.1, 0.15) is 36.2 Å². The van der Waals surface area contributed by atoms with Crippen LogP contribution in [-0.2, 0) is 25.3 Å². The Morgan fingerprint density at radius 2 is 1.93 bits per heavy atom. The molecular formula is C16H17F3O10S. The van der Waals surface area contributed by atoms with E-state index in [1.807, 2.05) is 0 Å². The van der Waals surface area contributed by atoms with Crippen LogP contribution in [0.25, 0.3) is 0 Å². The van der Waals surface area contributed by atoms with E-state index in [2.05, 4.69) is 4.74 Å². The van der Waals surface area contributed by atoms with E-state index in [1.54, 1.807) is 0 Å². The number of esters is 2. The van der Waals surface area contributed by atoms with Crippen LogP contribution in [0.3, 0.4) is 0 Å². The van der Waals surface area contributed by atoms with Gasteiger partial charge in [-0.15, -0.1) is 0 Å². The Balaban J connectivity index is 1.99. The molecule has 1 heterocycles. The van der Waals surface area contributed by atoms with Crippen molar-refractivity contribution in [2.75, 3.05) is 13.2 Å². The minimum atomic E-state index is -5.99. The molecule has 0 fully saturated rings. The number of alkyl halides is 3. The Hall–Kier alpha value is -2.58. The molecule has 0 aliphatic carbocycles. The first-order chi connectivity index (χ1) is 13.6. The van der Waals surface area contributed by atoms with Crippen molar-refractivity contribution in [3.05, 3.63) is 17.2 Å². The number of aliphatic hydroxyl groups is 1. The van der Waals surface area contributed by atoms with E-state index in [9.17, 15) is 41.4 Å². The predicted molar refractivity (Wildman–Crippen MR) is 90.8 cm³/mol. The molecule has 1 atom stereocenters. The SMILES string of the molecule is CC(C)(O)c1cc(OCC(=O)OCCC(F)C(F)(F)S(=O)(=O)O)c2c(O)c1C(=O)O2. The molecule has 0 radical (unpaired) electrons. The summed E-state index contributed by atoms with van der Waals surface area (Å²) in [5.41, 5.74) is -1.93. The van der Waals surface area contributed by atoms with E-state index in [0.29, 0.717) is 0 Å². The lowest BCUT2D eigenvalue weighted by molar-refractivity contribution is -0.147. The molecule has 0 saturated heterocycles. The molecule has 0 amide bonds. The van der Waals surface area contributed by atoms with E-state index in [-0.39, 0.29) is 16.9 Å². The number of hydrogen-bond acceptors (Lipinski definition) is 9. The largest absolute Gasteiger partial charge is 0.504 e. The first-order valence-electron chi connectivity index (χ1n) is 8.19. The van der Waals surface area contributed by atoms with Crippen LogP contribution in [0.4, 0.5) is 13.2 Å². The Morgan fingerprint density at radius 3 is 2.47 bits per heavy atom. The number of halogens is 3. The Morgan fingerprint density at radius 1 is 1.33 bits per heavy atom. The molecule has 0 saturated carbocycles. The fraction of sp³-hybridized carbons (Fsp3) is 0.500. The average Bonchev–Trinajstić information content (AvgIpc) is 2.78. The first kappa shape index (κ1) is 23.7. The molecular weight excluding hydrogens is 441 g/mol. The molecule has 14 heteroatoms. The van der Waals surface area contributed by atoms with E-state index in [0.717, 1.165) is 6.07 Å². The van der Waals surface area contributed by atoms with Crippen LogP contribution >= 0.6 is 0 Å². The van der Waals surface area contributed by atoms with Gasteiger partial charge in [-0.3, -0.25) is 4.55 Å². The third-order valence-electron chi connectivity index (χ3n) is 3.97. The van der Waals surface area contributed by atoms with Crippen LogP contribution in [0.2, 0.25) is 0 Å².